The molecule has 1 aliphatic carbocycles. The summed E-state index contributed by atoms with van der Waals surface area (Å²) in [6.07, 6.45) is 12.4. The summed E-state index contributed by atoms with van der Waals surface area (Å²) in [6, 6.07) is 0.369. The van der Waals surface area contributed by atoms with Gasteiger partial charge in [0.05, 0.1) is 0 Å². The van der Waals surface area contributed by atoms with E-state index in [2.05, 4.69) is 5.92 Å². The molecule has 0 aromatic carbocycles. The molecule has 1 aliphatic rings. The Morgan fingerprint density at radius 2 is 2.09 bits per heavy atom. The predicted molar refractivity (Wildman–Crippen MR) is 48.0 cm³/mol. The van der Waals surface area contributed by atoms with Gasteiger partial charge in [-0.05, 0) is 25.2 Å². The maximum atomic E-state index is 5.97. The summed E-state index contributed by atoms with van der Waals surface area (Å²) in [4.78, 5) is 0. The lowest BCUT2D eigenvalue weighted by Crippen LogP contribution is -2.27. The molecule has 0 saturated heterocycles. The molecule has 1 unspecified atom stereocenters. The first-order valence-corrected chi connectivity index (χ1v) is 4.53. The van der Waals surface area contributed by atoms with Crippen molar-refractivity contribution in [2.24, 2.45) is 11.7 Å². The van der Waals surface area contributed by atoms with Crippen LogP contribution in [0.25, 0.3) is 0 Å². The van der Waals surface area contributed by atoms with Crippen LogP contribution in [0.4, 0.5) is 0 Å². The van der Waals surface area contributed by atoms with Gasteiger partial charge in [0.2, 0.25) is 0 Å². The summed E-state index contributed by atoms with van der Waals surface area (Å²) in [7, 11) is 0. The second kappa shape index (κ2) is 4.41. The highest BCUT2D eigenvalue weighted by Crippen LogP contribution is 2.28. The van der Waals surface area contributed by atoms with Crippen LogP contribution in [0.3, 0.4) is 0 Å². The van der Waals surface area contributed by atoms with E-state index < -0.39 is 0 Å². The Bertz CT molecular complexity index is 139. The van der Waals surface area contributed by atoms with Crippen molar-refractivity contribution in [1.82, 2.24) is 0 Å². The third kappa shape index (κ3) is 2.55. The summed E-state index contributed by atoms with van der Waals surface area (Å²) in [5.41, 5.74) is 5.97. The Morgan fingerprint density at radius 1 is 1.45 bits per heavy atom. The molecule has 0 bridgehead atoms. The molecule has 0 aromatic rings. The van der Waals surface area contributed by atoms with Gasteiger partial charge in [0.1, 0.15) is 0 Å². The van der Waals surface area contributed by atoms with Crippen LogP contribution in [0.15, 0.2) is 0 Å². The van der Waals surface area contributed by atoms with Gasteiger partial charge in [-0.25, -0.2) is 0 Å². The molecular weight excluding hydrogens is 134 g/mol. The van der Waals surface area contributed by atoms with E-state index in [1.54, 1.807) is 0 Å². The quantitative estimate of drug-likeness (QED) is 0.613. The summed E-state index contributed by atoms with van der Waals surface area (Å²) < 4.78 is 0. The molecule has 0 aromatic heterocycles. The lowest BCUT2D eigenvalue weighted by atomic mass is 9.95. The first kappa shape index (κ1) is 8.62. The zero-order valence-electron chi connectivity index (χ0n) is 7.05. The number of hydrogen-bond donors (Lipinski definition) is 1. The van der Waals surface area contributed by atoms with Gasteiger partial charge in [-0.2, -0.15) is 0 Å². The van der Waals surface area contributed by atoms with Crippen LogP contribution >= 0.6 is 0 Å². The van der Waals surface area contributed by atoms with E-state index in [0.717, 1.165) is 18.8 Å². The number of terminal acetylenes is 1. The van der Waals surface area contributed by atoms with Crippen molar-refractivity contribution in [3.8, 4) is 12.3 Å². The van der Waals surface area contributed by atoms with Crippen LogP contribution in [0.2, 0.25) is 0 Å². The maximum absolute atomic E-state index is 5.97. The van der Waals surface area contributed by atoms with Crippen LogP contribution < -0.4 is 5.73 Å². The normalized spacial score (nSPS) is 21.5. The van der Waals surface area contributed by atoms with Gasteiger partial charge < -0.3 is 5.73 Å². The molecule has 0 heterocycles. The topological polar surface area (TPSA) is 26.0 Å². The van der Waals surface area contributed by atoms with E-state index in [1.165, 1.54) is 25.7 Å². The average Bonchev–Trinajstić information content (AvgIpc) is 2.52. The monoisotopic (exact) mass is 151 g/mol. The number of rotatable bonds is 3. The molecule has 0 aliphatic heterocycles. The first-order valence-electron chi connectivity index (χ1n) is 4.53. The van der Waals surface area contributed by atoms with Crippen molar-refractivity contribution in [1.29, 1.82) is 0 Å². The average molecular weight is 151 g/mol. The molecule has 2 N–H and O–H groups in total. The van der Waals surface area contributed by atoms with Crippen LogP contribution in [-0.2, 0) is 0 Å². The van der Waals surface area contributed by atoms with Crippen molar-refractivity contribution in [3.63, 3.8) is 0 Å². The molecular formula is C10H17N. The first-order chi connectivity index (χ1) is 5.34. The van der Waals surface area contributed by atoms with Crippen LogP contribution in [-0.4, -0.2) is 6.04 Å². The predicted octanol–water partition coefficient (Wildman–Crippen LogP) is 1.92. The summed E-state index contributed by atoms with van der Waals surface area (Å²) >= 11 is 0. The zero-order valence-corrected chi connectivity index (χ0v) is 7.05. The Balaban J connectivity index is 2.18. The highest BCUT2D eigenvalue weighted by molar-refractivity contribution is 4.87. The lowest BCUT2D eigenvalue weighted by molar-refractivity contribution is 0.414. The Morgan fingerprint density at radius 3 is 2.64 bits per heavy atom. The Kier molecular flexibility index (Phi) is 3.45. The van der Waals surface area contributed by atoms with Crippen molar-refractivity contribution in [3.05, 3.63) is 0 Å². The largest absolute Gasteiger partial charge is 0.327 e. The van der Waals surface area contributed by atoms with Gasteiger partial charge in [0.15, 0.2) is 0 Å². The van der Waals surface area contributed by atoms with Crippen LogP contribution in [0, 0.1) is 18.3 Å². The molecule has 1 heteroatoms. The third-order valence-electron chi connectivity index (χ3n) is 2.63. The minimum atomic E-state index is 0.369. The number of hydrogen-bond acceptors (Lipinski definition) is 1. The second-order valence-corrected chi connectivity index (χ2v) is 3.45. The molecule has 0 spiro atoms. The molecule has 1 atom stereocenters. The van der Waals surface area contributed by atoms with E-state index in [9.17, 15) is 0 Å². The SMILES string of the molecule is C#CCCC(N)C1CCCC1. The van der Waals surface area contributed by atoms with E-state index in [-0.39, 0.29) is 0 Å². The van der Waals surface area contributed by atoms with E-state index in [0.29, 0.717) is 6.04 Å². The van der Waals surface area contributed by atoms with E-state index in [4.69, 9.17) is 12.2 Å². The van der Waals surface area contributed by atoms with Gasteiger partial charge in [-0.3, -0.25) is 0 Å². The Hall–Kier alpha value is -0.480. The minimum absolute atomic E-state index is 0.369. The fourth-order valence-electron chi connectivity index (χ4n) is 1.87. The van der Waals surface area contributed by atoms with E-state index in [1.807, 2.05) is 0 Å². The highest BCUT2D eigenvalue weighted by atomic mass is 14.6. The van der Waals surface area contributed by atoms with Gasteiger partial charge in [0.25, 0.3) is 0 Å². The molecule has 0 amide bonds. The van der Waals surface area contributed by atoms with Crippen LogP contribution in [0.1, 0.15) is 38.5 Å². The lowest BCUT2D eigenvalue weighted by Gasteiger charge is -2.16. The standard InChI is InChI=1S/C10H17N/c1-2-3-8-10(11)9-6-4-5-7-9/h1,9-10H,3-8,11H2. The van der Waals surface area contributed by atoms with Crippen molar-refractivity contribution < 1.29 is 0 Å². The molecule has 0 radical (unpaired) electrons. The minimum Gasteiger partial charge on any atom is -0.327 e. The molecule has 1 saturated carbocycles. The number of nitrogens with two attached hydrogens (primary N) is 1. The zero-order chi connectivity index (χ0) is 8.10. The van der Waals surface area contributed by atoms with Crippen molar-refractivity contribution in [2.45, 2.75) is 44.6 Å². The fourth-order valence-corrected chi connectivity index (χ4v) is 1.87. The smallest absolute Gasteiger partial charge is 0.0101 e. The fraction of sp³-hybridized carbons (Fsp3) is 0.800. The van der Waals surface area contributed by atoms with Gasteiger partial charge in [-0.1, -0.05) is 12.8 Å². The summed E-state index contributed by atoms with van der Waals surface area (Å²) in [5, 5.41) is 0. The van der Waals surface area contributed by atoms with Gasteiger partial charge >= 0.3 is 0 Å². The van der Waals surface area contributed by atoms with Gasteiger partial charge in [0, 0.05) is 12.5 Å². The molecule has 1 rings (SSSR count). The summed E-state index contributed by atoms with van der Waals surface area (Å²) in [5.74, 6) is 3.41. The highest BCUT2D eigenvalue weighted by Gasteiger charge is 2.20. The molecule has 62 valence electrons. The van der Waals surface area contributed by atoms with Crippen LogP contribution in [0.5, 0.6) is 0 Å². The van der Waals surface area contributed by atoms with E-state index >= 15 is 0 Å². The Labute approximate surface area is 69.4 Å². The van der Waals surface area contributed by atoms with Gasteiger partial charge in [-0.15, -0.1) is 12.3 Å². The summed E-state index contributed by atoms with van der Waals surface area (Å²) in [6.45, 7) is 0. The molecule has 1 fully saturated rings. The van der Waals surface area contributed by atoms with Crippen molar-refractivity contribution in [2.75, 3.05) is 0 Å². The third-order valence-corrected chi connectivity index (χ3v) is 2.63. The molecule has 11 heavy (non-hydrogen) atoms. The second-order valence-electron chi connectivity index (χ2n) is 3.45. The molecule has 1 nitrogen and oxygen atoms in total. The maximum Gasteiger partial charge on any atom is 0.0101 e. The van der Waals surface area contributed by atoms with Crippen molar-refractivity contribution >= 4 is 0 Å².